The summed E-state index contributed by atoms with van der Waals surface area (Å²) in [7, 11) is 1.65. The van der Waals surface area contributed by atoms with Crippen molar-refractivity contribution >= 4 is 11.7 Å². The highest BCUT2D eigenvalue weighted by atomic mass is 16.5. The lowest BCUT2D eigenvalue weighted by Gasteiger charge is -2.13. The lowest BCUT2D eigenvalue weighted by Crippen LogP contribution is -2.31. The van der Waals surface area contributed by atoms with Crippen molar-refractivity contribution in [3.8, 4) is 5.75 Å². The van der Waals surface area contributed by atoms with Crippen LogP contribution in [0.5, 0.6) is 5.75 Å². The van der Waals surface area contributed by atoms with Gasteiger partial charge in [-0.25, -0.2) is 4.79 Å². The molecule has 0 spiro atoms. The van der Waals surface area contributed by atoms with Gasteiger partial charge in [0, 0.05) is 12.2 Å². The van der Waals surface area contributed by atoms with Crippen LogP contribution in [0, 0.1) is 20.8 Å². The maximum Gasteiger partial charge on any atom is 0.319 e. The van der Waals surface area contributed by atoms with Crippen molar-refractivity contribution < 1.29 is 9.53 Å². The predicted octanol–water partition coefficient (Wildman–Crippen LogP) is 3.98. The van der Waals surface area contributed by atoms with Crippen LogP contribution < -0.4 is 15.4 Å². The predicted molar refractivity (Wildman–Crippen MR) is 94.4 cm³/mol. The molecule has 23 heavy (non-hydrogen) atoms. The minimum Gasteiger partial charge on any atom is -0.497 e. The monoisotopic (exact) mass is 312 g/mol. The fourth-order valence-corrected chi connectivity index (χ4v) is 2.65. The summed E-state index contributed by atoms with van der Waals surface area (Å²) in [4.78, 5) is 12.1. The van der Waals surface area contributed by atoms with Crippen LogP contribution in [-0.4, -0.2) is 19.7 Å². The third-order valence-corrected chi connectivity index (χ3v) is 3.77. The number of nitrogens with one attached hydrogen (secondary N) is 2. The molecule has 0 aliphatic carbocycles. The minimum absolute atomic E-state index is 0.173. The Morgan fingerprint density at radius 2 is 1.65 bits per heavy atom. The number of carbonyl (C=O) groups is 1. The number of urea groups is 1. The third kappa shape index (κ3) is 4.74. The van der Waals surface area contributed by atoms with E-state index in [-0.39, 0.29) is 6.03 Å². The van der Waals surface area contributed by atoms with E-state index in [1.165, 1.54) is 5.56 Å². The molecule has 0 saturated heterocycles. The van der Waals surface area contributed by atoms with Gasteiger partial charge in [0.1, 0.15) is 5.75 Å². The molecular weight excluding hydrogens is 288 g/mol. The Morgan fingerprint density at radius 1 is 1.04 bits per heavy atom. The average molecular weight is 312 g/mol. The molecule has 0 fully saturated rings. The van der Waals surface area contributed by atoms with E-state index < -0.39 is 0 Å². The van der Waals surface area contributed by atoms with Gasteiger partial charge in [-0.3, -0.25) is 0 Å². The first-order chi connectivity index (χ1) is 11.0. The molecule has 0 atom stereocenters. The van der Waals surface area contributed by atoms with Crippen molar-refractivity contribution in [1.82, 2.24) is 5.32 Å². The summed E-state index contributed by atoms with van der Waals surface area (Å²) in [5.41, 5.74) is 5.40. The maximum atomic E-state index is 12.1. The van der Waals surface area contributed by atoms with Crippen LogP contribution in [0.3, 0.4) is 0 Å². The summed E-state index contributed by atoms with van der Waals surface area (Å²) in [6, 6.07) is 11.8. The third-order valence-electron chi connectivity index (χ3n) is 3.77. The standard InChI is InChI=1S/C19H24N2O2/c1-13-11-14(2)18(15(3)12-13)21-19(22)20-10-9-16-5-7-17(23-4)8-6-16/h5-8,11-12H,9-10H2,1-4H3,(H2,20,21,22). The molecule has 0 unspecified atom stereocenters. The van der Waals surface area contributed by atoms with Crippen molar-refractivity contribution in [3.63, 3.8) is 0 Å². The summed E-state index contributed by atoms with van der Waals surface area (Å²) < 4.78 is 5.13. The molecule has 2 N–H and O–H groups in total. The number of methoxy groups -OCH3 is 1. The molecule has 2 amide bonds. The van der Waals surface area contributed by atoms with Crippen molar-refractivity contribution in [2.75, 3.05) is 19.0 Å². The molecule has 0 saturated carbocycles. The van der Waals surface area contributed by atoms with Gasteiger partial charge >= 0.3 is 6.03 Å². The lowest BCUT2D eigenvalue weighted by molar-refractivity contribution is 0.252. The van der Waals surface area contributed by atoms with Gasteiger partial charge in [-0.2, -0.15) is 0 Å². The second-order valence-electron chi connectivity index (χ2n) is 5.75. The second-order valence-corrected chi connectivity index (χ2v) is 5.75. The molecule has 0 aromatic heterocycles. The van der Waals surface area contributed by atoms with Crippen LogP contribution in [0.4, 0.5) is 10.5 Å². The first-order valence-corrected chi connectivity index (χ1v) is 7.75. The number of benzene rings is 2. The number of anilines is 1. The van der Waals surface area contributed by atoms with E-state index in [0.717, 1.165) is 34.5 Å². The molecule has 4 heteroatoms. The minimum atomic E-state index is -0.173. The van der Waals surface area contributed by atoms with Crippen molar-refractivity contribution in [2.45, 2.75) is 27.2 Å². The van der Waals surface area contributed by atoms with Crippen LogP contribution in [0.25, 0.3) is 0 Å². The van der Waals surface area contributed by atoms with Crippen LogP contribution in [-0.2, 0) is 6.42 Å². The Morgan fingerprint density at radius 3 is 2.22 bits per heavy atom. The van der Waals surface area contributed by atoms with E-state index in [4.69, 9.17) is 4.74 Å². The zero-order valence-electron chi connectivity index (χ0n) is 14.2. The molecule has 0 heterocycles. The first-order valence-electron chi connectivity index (χ1n) is 7.75. The van der Waals surface area contributed by atoms with Crippen LogP contribution in [0.1, 0.15) is 22.3 Å². The van der Waals surface area contributed by atoms with Crippen molar-refractivity contribution in [2.24, 2.45) is 0 Å². The summed E-state index contributed by atoms with van der Waals surface area (Å²) in [6.45, 7) is 6.65. The summed E-state index contributed by atoms with van der Waals surface area (Å²) in [5.74, 6) is 0.838. The van der Waals surface area contributed by atoms with E-state index in [1.807, 2.05) is 38.1 Å². The van der Waals surface area contributed by atoms with Crippen molar-refractivity contribution in [3.05, 3.63) is 58.7 Å². The van der Waals surface area contributed by atoms with Gasteiger partial charge < -0.3 is 15.4 Å². The highest BCUT2D eigenvalue weighted by molar-refractivity contribution is 5.91. The number of hydrogen-bond donors (Lipinski definition) is 2. The summed E-state index contributed by atoms with van der Waals surface area (Å²) in [5, 5.41) is 5.84. The molecule has 2 aromatic rings. The normalized spacial score (nSPS) is 10.3. The van der Waals surface area contributed by atoms with Gasteiger partial charge in [-0.05, 0) is 56.0 Å². The van der Waals surface area contributed by atoms with Gasteiger partial charge in [-0.15, -0.1) is 0 Å². The van der Waals surface area contributed by atoms with Crippen LogP contribution in [0.2, 0.25) is 0 Å². The van der Waals surface area contributed by atoms with E-state index in [1.54, 1.807) is 7.11 Å². The Hall–Kier alpha value is -2.49. The van der Waals surface area contributed by atoms with Gasteiger partial charge in [0.05, 0.1) is 7.11 Å². The molecule has 0 radical (unpaired) electrons. The SMILES string of the molecule is COc1ccc(CCNC(=O)Nc2c(C)cc(C)cc2C)cc1. The summed E-state index contributed by atoms with van der Waals surface area (Å²) in [6.07, 6.45) is 0.781. The fourth-order valence-electron chi connectivity index (χ4n) is 2.65. The van der Waals surface area contributed by atoms with E-state index in [0.29, 0.717) is 6.54 Å². The molecule has 0 aliphatic heterocycles. The van der Waals surface area contributed by atoms with Gasteiger partial charge in [-0.1, -0.05) is 29.8 Å². The molecule has 4 nitrogen and oxygen atoms in total. The lowest BCUT2D eigenvalue weighted by atomic mass is 10.1. The Labute approximate surface area is 137 Å². The number of amides is 2. The molecular formula is C19H24N2O2. The maximum absolute atomic E-state index is 12.1. The van der Waals surface area contributed by atoms with Gasteiger partial charge in [0.25, 0.3) is 0 Å². The number of carbonyl (C=O) groups excluding carboxylic acids is 1. The van der Waals surface area contributed by atoms with E-state index >= 15 is 0 Å². The number of ether oxygens (including phenoxy) is 1. The van der Waals surface area contributed by atoms with Crippen molar-refractivity contribution in [1.29, 1.82) is 0 Å². The molecule has 0 bridgehead atoms. The first kappa shape index (κ1) is 16.9. The highest BCUT2D eigenvalue weighted by Gasteiger charge is 2.07. The number of rotatable bonds is 5. The fraction of sp³-hybridized carbons (Fsp3) is 0.316. The van der Waals surface area contributed by atoms with E-state index in [9.17, 15) is 4.79 Å². The van der Waals surface area contributed by atoms with Crippen LogP contribution in [0.15, 0.2) is 36.4 Å². The zero-order valence-corrected chi connectivity index (χ0v) is 14.2. The topological polar surface area (TPSA) is 50.4 Å². The number of hydrogen-bond acceptors (Lipinski definition) is 2. The Kier molecular flexibility index (Phi) is 5.63. The largest absolute Gasteiger partial charge is 0.497 e. The van der Waals surface area contributed by atoms with Gasteiger partial charge in [0.15, 0.2) is 0 Å². The quantitative estimate of drug-likeness (QED) is 0.877. The van der Waals surface area contributed by atoms with E-state index in [2.05, 4.69) is 29.7 Å². The molecule has 2 rings (SSSR count). The Balaban J connectivity index is 1.85. The van der Waals surface area contributed by atoms with Crippen LogP contribution >= 0.6 is 0 Å². The average Bonchev–Trinajstić information content (AvgIpc) is 2.51. The number of aryl methyl sites for hydroxylation is 3. The highest BCUT2D eigenvalue weighted by Crippen LogP contribution is 2.21. The molecule has 0 aliphatic rings. The molecule has 2 aromatic carbocycles. The van der Waals surface area contributed by atoms with Gasteiger partial charge in [0.2, 0.25) is 0 Å². The summed E-state index contributed by atoms with van der Waals surface area (Å²) >= 11 is 0. The smallest absolute Gasteiger partial charge is 0.319 e. The molecule has 122 valence electrons. The second kappa shape index (κ2) is 7.68. The zero-order chi connectivity index (χ0) is 16.8. The Bertz CT molecular complexity index is 655.